The number of carbonyl (C=O) groups is 3. The van der Waals surface area contributed by atoms with Gasteiger partial charge in [-0.2, -0.15) is 0 Å². The second-order valence-electron chi connectivity index (χ2n) is 4.22. The average Bonchev–Trinajstić information content (AvgIpc) is 2.53. The predicted octanol–water partition coefficient (Wildman–Crippen LogP) is 1.73. The molecule has 0 aliphatic rings. The molecule has 7 heteroatoms. The van der Waals surface area contributed by atoms with E-state index in [0.717, 1.165) is 0 Å². The lowest BCUT2D eigenvalue weighted by Crippen LogP contribution is -2.41. The second-order valence-corrected chi connectivity index (χ2v) is 4.65. The molecule has 1 aromatic carbocycles. The molecule has 1 amide bonds. The van der Waals surface area contributed by atoms with Crippen LogP contribution in [0.25, 0.3) is 0 Å². The van der Waals surface area contributed by atoms with Gasteiger partial charge in [0.25, 0.3) is 5.91 Å². The third kappa shape index (κ3) is 5.57. The maximum absolute atomic E-state index is 12.1. The minimum atomic E-state index is -0.908. The third-order valence-corrected chi connectivity index (χ3v) is 2.98. The summed E-state index contributed by atoms with van der Waals surface area (Å²) in [4.78, 5) is 34.7. The van der Waals surface area contributed by atoms with Gasteiger partial charge in [0.05, 0.1) is 14.2 Å². The summed E-state index contributed by atoms with van der Waals surface area (Å²) in [5.74, 6) is -1.61. The van der Waals surface area contributed by atoms with Crippen LogP contribution in [0.2, 0.25) is 5.02 Å². The molecule has 0 aliphatic carbocycles. The van der Waals surface area contributed by atoms with Gasteiger partial charge in [0.15, 0.2) is 0 Å². The Morgan fingerprint density at radius 1 is 1.18 bits per heavy atom. The first-order chi connectivity index (χ1) is 10.5. The summed E-state index contributed by atoms with van der Waals surface area (Å²) >= 11 is 5.75. The van der Waals surface area contributed by atoms with E-state index in [1.54, 1.807) is 12.1 Å². The Hall–Kier alpha value is -2.34. The molecule has 0 bridgehead atoms. The number of esters is 2. The lowest BCUT2D eigenvalue weighted by Gasteiger charge is -2.14. The maximum Gasteiger partial charge on any atom is 0.330 e. The van der Waals surface area contributed by atoms with E-state index in [0.29, 0.717) is 10.6 Å². The number of carbonyl (C=O) groups excluding carboxylic acids is 3. The van der Waals surface area contributed by atoms with Crippen LogP contribution in [0.3, 0.4) is 0 Å². The van der Waals surface area contributed by atoms with Crippen molar-refractivity contribution in [3.8, 4) is 0 Å². The summed E-state index contributed by atoms with van der Waals surface area (Å²) < 4.78 is 9.07. The molecule has 118 valence electrons. The van der Waals surface area contributed by atoms with E-state index in [9.17, 15) is 14.4 Å². The smallest absolute Gasteiger partial charge is 0.330 e. The van der Waals surface area contributed by atoms with Gasteiger partial charge in [0.1, 0.15) is 6.04 Å². The highest BCUT2D eigenvalue weighted by Gasteiger charge is 2.21. The normalized spacial score (nSPS) is 11.8. The fourth-order valence-electron chi connectivity index (χ4n) is 1.57. The summed E-state index contributed by atoms with van der Waals surface area (Å²) in [5, 5.41) is 3.04. The molecule has 0 saturated heterocycles. The zero-order chi connectivity index (χ0) is 16.5. The van der Waals surface area contributed by atoms with Gasteiger partial charge >= 0.3 is 11.9 Å². The Kier molecular flexibility index (Phi) is 7.12. The van der Waals surface area contributed by atoms with Crippen molar-refractivity contribution in [1.82, 2.24) is 5.32 Å². The van der Waals surface area contributed by atoms with Gasteiger partial charge in [-0.3, -0.25) is 4.79 Å². The monoisotopic (exact) mass is 325 g/mol. The number of amides is 1. The van der Waals surface area contributed by atoms with Crippen molar-refractivity contribution in [2.24, 2.45) is 0 Å². The molecule has 6 nitrogen and oxygen atoms in total. The first-order valence-electron chi connectivity index (χ1n) is 6.36. The molecule has 1 N–H and O–H groups in total. The van der Waals surface area contributed by atoms with Gasteiger partial charge in [-0.1, -0.05) is 17.7 Å². The Morgan fingerprint density at radius 2 is 1.82 bits per heavy atom. The van der Waals surface area contributed by atoms with E-state index >= 15 is 0 Å². The average molecular weight is 326 g/mol. The molecule has 0 unspecified atom stereocenters. The van der Waals surface area contributed by atoms with E-state index in [1.165, 1.54) is 38.5 Å². The summed E-state index contributed by atoms with van der Waals surface area (Å²) in [7, 11) is 2.46. The number of methoxy groups -OCH3 is 2. The van der Waals surface area contributed by atoms with Crippen LogP contribution in [0.4, 0.5) is 0 Å². The van der Waals surface area contributed by atoms with Crippen LogP contribution in [0, 0.1) is 0 Å². The SMILES string of the molecule is COC(=O)/C=C/C[C@@H](NC(=O)c1ccc(Cl)cc1)C(=O)OC. The topological polar surface area (TPSA) is 81.7 Å². The molecular weight excluding hydrogens is 310 g/mol. The van der Waals surface area contributed by atoms with Crippen molar-refractivity contribution in [3.63, 3.8) is 0 Å². The molecule has 0 fully saturated rings. The Labute approximate surface area is 133 Å². The van der Waals surface area contributed by atoms with Crippen LogP contribution in [0.1, 0.15) is 16.8 Å². The zero-order valence-electron chi connectivity index (χ0n) is 12.2. The first-order valence-corrected chi connectivity index (χ1v) is 6.74. The Morgan fingerprint density at radius 3 is 2.36 bits per heavy atom. The van der Waals surface area contributed by atoms with Crippen LogP contribution >= 0.6 is 11.6 Å². The zero-order valence-corrected chi connectivity index (χ0v) is 12.9. The molecule has 0 saturated carbocycles. The van der Waals surface area contributed by atoms with Crippen molar-refractivity contribution in [1.29, 1.82) is 0 Å². The van der Waals surface area contributed by atoms with Gasteiger partial charge in [-0.25, -0.2) is 9.59 Å². The van der Waals surface area contributed by atoms with Gasteiger partial charge in [0, 0.05) is 16.7 Å². The Balaban J connectivity index is 2.74. The fraction of sp³-hybridized carbons (Fsp3) is 0.267. The molecule has 1 aromatic rings. The van der Waals surface area contributed by atoms with Crippen LogP contribution in [0.5, 0.6) is 0 Å². The standard InChI is InChI=1S/C15H16ClNO5/c1-21-13(18)5-3-4-12(15(20)22-2)17-14(19)10-6-8-11(16)9-7-10/h3,5-9,12H,4H2,1-2H3,(H,17,19)/b5-3+/t12-/m1/s1. The number of hydrogen-bond acceptors (Lipinski definition) is 5. The lowest BCUT2D eigenvalue weighted by molar-refractivity contribution is -0.143. The molecule has 22 heavy (non-hydrogen) atoms. The van der Waals surface area contributed by atoms with Crippen LogP contribution in [0.15, 0.2) is 36.4 Å². The van der Waals surface area contributed by atoms with Crippen molar-refractivity contribution in [2.75, 3.05) is 14.2 Å². The highest BCUT2D eigenvalue weighted by molar-refractivity contribution is 6.30. The van der Waals surface area contributed by atoms with Crippen molar-refractivity contribution in [3.05, 3.63) is 47.0 Å². The predicted molar refractivity (Wildman–Crippen MR) is 80.5 cm³/mol. The van der Waals surface area contributed by atoms with Crippen molar-refractivity contribution in [2.45, 2.75) is 12.5 Å². The maximum atomic E-state index is 12.1. The van der Waals surface area contributed by atoms with E-state index in [2.05, 4.69) is 14.8 Å². The summed E-state index contributed by atoms with van der Waals surface area (Å²) in [6.07, 6.45) is 2.70. The van der Waals surface area contributed by atoms with Crippen molar-refractivity contribution >= 4 is 29.4 Å². The molecule has 0 heterocycles. The van der Waals surface area contributed by atoms with Gasteiger partial charge in [0.2, 0.25) is 0 Å². The summed E-state index contributed by atoms with van der Waals surface area (Å²) in [6, 6.07) is 5.31. The van der Waals surface area contributed by atoms with Gasteiger partial charge in [-0.05, 0) is 30.7 Å². The molecule has 0 aliphatic heterocycles. The minimum absolute atomic E-state index is 0.0983. The fourth-order valence-corrected chi connectivity index (χ4v) is 1.69. The summed E-state index contributed by atoms with van der Waals surface area (Å²) in [6.45, 7) is 0. The highest BCUT2D eigenvalue weighted by atomic mass is 35.5. The second kappa shape index (κ2) is 8.84. The molecule has 0 aromatic heterocycles. The lowest BCUT2D eigenvalue weighted by atomic mass is 10.1. The number of hydrogen-bond donors (Lipinski definition) is 1. The van der Waals surface area contributed by atoms with Crippen molar-refractivity contribution < 1.29 is 23.9 Å². The van der Waals surface area contributed by atoms with E-state index in [4.69, 9.17) is 11.6 Å². The molecule has 0 spiro atoms. The highest BCUT2D eigenvalue weighted by Crippen LogP contribution is 2.10. The van der Waals surface area contributed by atoms with Crippen LogP contribution < -0.4 is 5.32 Å². The van der Waals surface area contributed by atoms with Gasteiger partial charge in [-0.15, -0.1) is 0 Å². The largest absolute Gasteiger partial charge is 0.467 e. The molecular formula is C15H16ClNO5. The van der Waals surface area contributed by atoms with E-state index < -0.39 is 23.9 Å². The van der Waals surface area contributed by atoms with Crippen LogP contribution in [-0.4, -0.2) is 38.1 Å². The molecule has 1 atom stereocenters. The quantitative estimate of drug-likeness (QED) is 0.636. The summed E-state index contributed by atoms with van der Waals surface area (Å²) in [5.41, 5.74) is 0.357. The number of ether oxygens (including phenoxy) is 2. The van der Waals surface area contributed by atoms with E-state index in [-0.39, 0.29) is 6.42 Å². The molecule has 1 rings (SSSR count). The van der Waals surface area contributed by atoms with E-state index in [1.807, 2.05) is 0 Å². The number of rotatable bonds is 6. The van der Waals surface area contributed by atoms with Crippen LogP contribution in [-0.2, 0) is 19.1 Å². The van der Waals surface area contributed by atoms with Gasteiger partial charge < -0.3 is 14.8 Å². The molecule has 0 radical (unpaired) electrons. The third-order valence-electron chi connectivity index (χ3n) is 2.72. The Bertz CT molecular complexity index is 568. The first kappa shape index (κ1) is 17.7. The number of benzene rings is 1. The number of nitrogens with one attached hydrogen (secondary N) is 1. The minimum Gasteiger partial charge on any atom is -0.467 e. The number of halogens is 1.